The number of rotatable bonds is 7. The molecule has 2 aromatic carbocycles. The van der Waals surface area contributed by atoms with E-state index in [1.807, 2.05) is 0 Å². The quantitative estimate of drug-likeness (QED) is 0.444. The predicted octanol–water partition coefficient (Wildman–Crippen LogP) is 2.59. The van der Waals surface area contributed by atoms with Gasteiger partial charge in [-0.15, -0.1) is 0 Å². The highest BCUT2D eigenvalue weighted by Crippen LogP contribution is 2.24. The van der Waals surface area contributed by atoms with Crippen molar-refractivity contribution in [2.24, 2.45) is 0 Å². The number of hydrogen-bond donors (Lipinski definition) is 2. The second kappa shape index (κ2) is 9.10. The van der Waals surface area contributed by atoms with Crippen LogP contribution in [0.3, 0.4) is 0 Å². The number of carbonyl (C=O) groups excluding carboxylic acids is 3. The van der Waals surface area contributed by atoms with Crippen molar-refractivity contribution in [2.45, 2.75) is 6.54 Å². The summed E-state index contributed by atoms with van der Waals surface area (Å²) in [5, 5.41) is 14.9. The zero-order valence-electron chi connectivity index (χ0n) is 17.0. The van der Waals surface area contributed by atoms with Gasteiger partial charge in [0.2, 0.25) is 0 Å². The number of imide groups is 1. The first-order chi connectivity index (χ1) is 15.6. The maximum atomic E-state index is 12.6. The van der Waals surface area contributed by atoms with Gasteiger partial charge >= 0.3 is 0 Å². The number of amides is 3. The minimum Gasteiger partial charge on any atom is -0.367 e. The van der Waals surface area contributed by atoms with Crippen molar-refractivity contribution >= 4 is 23.5 Å². The second-order valence-corrected chi connectivity index (χ2v) is 7.14. The number of nitrogens with zero attached hydrogens (tertiary/aromatic N) is 3. The van der Waals surface area contributed by atoms with Crippen LogP contribution in [0.2, 0.25) is 0 Å². The van der Waals surface area contributed by atoms with Gasteiger partial charge in [0.05, 0.1) is 23.2 Å². The van der Waals surface area contributed by atoms with Crippen LogP contribution in [0.1, 0.15) is 42.2 Å². The molecule has 4 rings (SSSR count). The SMILES string of the molecule is N#Cc1cccnc1NCCNC(=O)c1cccc(CN2C(=O)c3ccccc3C2=O)c1. The molecule has 2 heterocycles. The molecular formula is C24H19N5O3. The Hall–Kier alpha value is -4.51. The molecule has 0 fully saturated rings. The molecule has 8 heteroatoms. The Morgan fingerprint density at radius 3 is 2.44 bits per heavy atom. The molecule has 1 aliphatic heterocycles. The van der Waals surface area contributed by atoms with Gasteiger partial charge in [-0.25, -0.2) is 4.98 Å². The number of anilines is 1. The maximum absolute atomic E-state index is 12.6. The van der Waals surface area contributed by atoms with Crippen LogP contribution in [0.5, 0.6) is 0 Å². The monoisotopic (exact) mass is 425 g/mol. The van der Waals surface area contributed by atoms with Crippen molar-refractivity contribution < 1.29 is 14.4 Å². The van der Waals surface area contributed by atoms with E-state index in [9.17, 15) is 14.4 Å². The predicted molar refractivity (Wildman–Crippen MR) is 117 cm³/mol. The Morgan fingerprint density at radius 1 is 0.969 bits per heavy atom. The molecule has 32 heavy (non-hydrogen) atoms. The van der Waals surface area contributed by atoms with Crippen LogP contribution in [-0.4, -0.2) is 40.7 Å². The van der Waals surface area contributed by atoms with Crippen LogP contribution < -0.4 is 10.6 Å². The van der Waals surface area contributed by atoms with Crippen molar-refractivity contribution in [3.63, 3.8) is 0 Å². The number of hydrogen-bond acceptors (Lipinski definition) is 6. The van der Waals surface area contributed by atoms with E-state index in [1.54, 1.807) is 66.9 Å². The Balaban J connectivity index is 1.35. The minimum atomic E-state index is -0.335. The summed E-state index contributed by atoms with van der Waals surface area (Å²) in [7, 11) is 0. The highest BCUT2D eigenvalue weighted by molar-refractivity contribution is 6.21. The lowest BCUT2D eigenvalue weighted by molar-refractivity contribution is 0.0642. The molecule has 0 saturated carbocycles. The molecule has 0 bridgehead atoms. The van der Waals surface area contributed by atoms with Gasteiger partial charge in [0.15, 0.2) is 0 Å². The Labute approximate surface area is 184 Å². The summed E-state index contributed by atoms with van der Waals surface area (Å²) in [6.07, 6.45) is 1.58. The lowest BCUT2D eigenvalue weighted by Gasteiger charge is -2.14. The fourth-order valence-corrected chi connectivity index (χ4v) is 3.47. The third-order valence-electron chi connectivity index (χ3n) is 5.04. The molecule has 0 unspecified atom stereocenters. The molecule has 1 aliphatic rings. The minimum absolute atomic E-state index is 0.0889. The number of benzene rings is 2. The summed E-state index contributed by atoms with van der Waals surface area (Å²) in [4.78, 5) is 42.9. The molecule has 158 valence electrons. The molecule has 3 amide bonds. The summed E-state index contributed by atoms with van der Waals surface area (Å²) >= 11 is 0. The number of nitriles is 1. The maximum Gasteiger partial charge on any atom is 0.261 e. The van der Waals surface area contributed by atoms with Crippen molar-refractivity contribution in [2.75, 3.05) is 18.4 Å². The van der Waals surface area contributed by atoms with E-state index in [0.717, 1.165) is 0 Å². The van der Waals surface area contributed by atoms with Crippen LogP contribution >= 0.6 is 0 Å². The third-order valence-corrected chi connectivity index (χ3v) is 5.04. The molecule has 0 saturated heterocycles. The molecule has 3 aromatic rings. The first kappa shape index (κ1) is 20.8. The molecule has 1 aromatic heterocycles. The smallest absolute Gasteiger partial charge is 0.261 e. The molecule has 0 aliphatic carbocycles. The molecule has 2 N–H and O–H groups in total. The van der Waals surface area contributed by atoms with Gasteiger partial charge < -0.3 is 10.6 Å². The van der Waals surface area contributed by atoms with E-state index < -0.39 is 0 Å². The normalized spacial score (nSPS) is 12.3. The van der Waals surface area contributed by atoms with Crippen LogP contribution in [0.15, 0.2) is 66.9 Å². The summed E-state index contributed by atoms with van der Waals surface area (Å²) in [6, 6.07) is 18.9. The summed E-state index contributed by atoms with van der Waals surface area (Å²) in [5.41, 5.74) is 2.32. The van der Waals surface area contributed by atoms with Gasteiger partial charge in [-0.2, -0.15) is 5.26 Å². The lowest BCUT2D eigenvalue weighted by Crippen LogP contribution is -2.30. The van der Waals surface area contributed by atoms with Crippen LogP contribution in [-0.2, 0) is 6.54 Å². The Kier molecular flexibility index (Phi) is 5.90. The van der Waals surface area contributed by atoms with Gasteiger partial charge in [0, 0.05) is 24.8 Å². The van der Waals surface area contributed by atoms with Gasteiger partial charge in [0.25, 0.3) is 17.7 Å². The van der Waals surface area contributed by atoms with Crippen LogP contribution in [0.4, 0.5) is 5.82 Å². The standard InChI is InChI=1S/C24H19N5O3/c25-14-18-7-4-10-26-21(18)27-11-12-28-22(30)17-6-3-5-16(13-17)15-29-23(31)19-8-1-2-9-20(19)24(29)32/h1-10,13H,11-12,15H2,(H,26,27)(H,28,30). The van der Waals surface area contributed by atoms with Gasteiger partial charge in [-0.3, -0.25) is 19.3 Å². The highest BCUT2D eigenvalue weighted by atomic mass is 16.2. The largest absolute Gasteiger partial charge is 0.367 e. The highest BCUT2D eigenvalue weighted by Gasteiger charge is 2.34. The Morgan fingerprint density at radius 2 is 1.72 bits per heavy atom. The van der Waals surface area contributed by atoms with Crippen LogP contribution in [0, 0.1) is 11.3 Å². The van der Waals surface area contributed by atoms with E-state index in [4.69, 9.17) is 5.26 Å². The number of carbonyl (C=O) groups is 3. The zero-order chi connectivity index (χ0) is 22.5. The van der Waals surface area contributed by atoms with Crippen molar-refractivity contribution in [3.05, 3.63) is 94.7 Å². The third kappa shape index (κ3) is 4.18. The molecule has 0 spiro atoms. The van der Waals surface area contributed by atoms with E-state index in [2.05, 4.69) is 21.7 Å². The summed E-state index contributed by atoms with van der Waals surface area (Å²) < 4.78 is 0. The van der Waals surface area contributed by atoms with Crippen molar-refractivity contribution in [1.82, 2.24) is 15.2 Å². The van der Waals surface area contributed by atoms with Gasteiger partial charge in [-0.1, -0.05) is 24.3 Å². The average molecular weight is 425 g/mol. The van der Waals surface area contributed by atoms with E-state index in [-0.39, 0.29) is 24.3 Å². The van der Waals surface area contributed by atoms with E-state index >= 15 is 0 Å². The van der Waals surface area contributed by atoms with Crippen molar-refractivity contribution in [3.8, 4) is 6.07 Å². The molecule has 0 radical (unpaired) electrons. The molecular weight excluding hydrogens is 406 g/mol. The number of aromatic nitrogens is 1. The zero-order valence-corrected chi connectivity index (χ0v) is 17.0. The topological polar surface area (TPSA) is 115 Å². The number of fused-ring (bicyclic) bond motifs is 1. The average Bonchev–Trinajstić information content (AvgIpc) is 3.07. The molecule has 8 nitrogen and oxygen atoms in total. The first-order valence-electron chi connectivity index (χ1n) is 10.00. The van der Waals surface area contributed by atoms with E-state index in [0.29, 0.717) is 46.7 Å². The summed E-state index contributed by atoms with van der Waals surface area (Å²) in [6.45, 7) is 0.806. The number of pyridine rings is 1. The fourth-order valence-electron chi connectivity index (χ4n) is 3.47. The van der Waals surface area contributed by atoms with Gasteiger partial charge in [0.1, 0.15) is 11.9 Å². The second-order valence-electron chi connectivity index (χ2n) is 7.14. The van der Waals surface area contributed by atoms with Crippen molar-refractivity contribution in [1.29, 1.82) is 5.26 Å². The fraction of sp³-hybridized carbons (Fsp3) is 0.125. The van der Waals surface area contributed by atoms with Crippen LogP contribution in [0.25, 0.3) is 0 Å². The molecule has 0 atom stereocenters. The lowest BCUT2D eigenvalue weighted by atomic mass is 10.1. The number of nitrogens with one attached hydrogen (secondary N) is 2. The van der Waals surface area contributed by atoms with E-state index in [1.165, 1.54) is 4.90 Å². The Bertz CT molecular complexity index is 1210. The first-order valence-corrected chi connectivity index (χ1v) is 10.00. The summed E-state index contributed by atoms with van der Waals surface area (Å²) in [5.74, 6) is -0.486. The van der Waals surface area contributed by atoms with Gasteiger partial charge in [-0.05, 0) is 42.0 Å².